The molecule has 1 rings (SSSR count). The predicted octanol–water partition coefficient (Wildman–Crippen LogP) is 3.17. The van der Waals surface area contributed by atoms with E-state index in [4.69, 9.17) is 5.26 Å². The second-order valence-corrected chi connectivity index (χ2v) is 3.22. The fourth-order valence-corrected chi connectivity index (χ4v) is 1.55. The predicted molar refractivity (Wildman–Crippen MR) is 48.1 cm³/mol. The molecule has 0 fully saturated rings. The van der Waals surface area contributed by atoms with Gasteiger partial charge in [0.1, 0.15) is 0 Å². The van der Waals surface area contributed by atoms with Gasteiger partial charge < -0.3 is 0 Å². The van der Waals surface area contributed by atoms with E-state index in [1.54, 1.807) is 6.07 Å². The molecule has 1 nitrogen and oxygen atoms in total. The van der Waals surface area contributed by atoms with Crippen LogP contribution in [0.5, 0.6) is 0 Å². The van der Waals surface area contributed by atoms with Crippen molar-refractivity contribution in [3.05, 3.63) is 28.8 Å². The summed E-state index contributed by atoms with van der Waals surface area (Å²) in [5.41, 5.74) is -0.887. The van der Waals surface area contributed by atoms with E-state index in [2.05, 4.69) is 12.6 Å². The lowest BCUT2D eigenvalue weighted by atomic mass is 10.0. The van der Waals surface area contributed by atoms with Crippen LogP contribution in [0.25, 0.3) is 0 Å². The van der Waals surface area contributed by atoms with Crippen molar-refractivity contribution >= 4 is 12.6 Å². The van der Waals surface area contributed by atoms with E-state index in [1.807, 2.05) is 0 Å². The fraction of sp³-hybridized carbons (Fsp3) is 0.222. The largest absolute Gasteiger partial charge is 0.417 e. The number of hydrogen-bond acceptors (Lipinski definition) is 2. The molecule has 74 valence electrons. The molecule has 0 atom stereocenters. The standard InChI is InChI=1S/C9H6F3NS/c1-5-6(4-13)2-3-7(14)8(5)9(10,11)12/h2-3,14H,1H3. The van der Waals surface area contributed by atoms with Crippen LogP contribution < -0.4 is 0 Å². The SMILES string of the molecule is Cc1c(C#N)ccc(S)c1C(F)(F)F. The highest BCUT2D eigenvalue weighted by molar-refractivity contribution is 7.80. The maximum absolute atomic E-state index is 12.5. The summed E-state index contributed by atoms with van der Waals surface area (Å²) in [6, 6.07) is 4.21. The Morgan fingerprint density at radius 3 is 2.36 bits per heavy atom. The lowest BCUT2D eigenvalue weighted by Crippen LogP contribution is -2.09. The first-order valence-electron chi connectivity index (χ1n) is 3.67. The lowest BCUT2D eigenvalue weighted by Gasteiger charge is -2.13. The summed E-state index contributed by atoms with van der Waals surface area (Å²) < 4.78 is 37.4. The average Bonchev–Trinajstić information content (AvgIpc) is 2.02. The highest BCUT2D eigenvalue weighted by Crippen LogP contribution is 2.37. The first-order valence-corrected chi connectivity index (χ1v) is 4.12. The van der Waals surface area contributed by atoms with Crippen LogP contribution in [0, 0.1) is 18.3 Å². The Kier molecular flexibility index (Phi) is 2.76. The first kappa shape index (κ1) is 10.9. The molecule has 0 bridgehead atoms. The number of nitrogens with zero attached hydrogens (tertiary/aromatic N) is 1. The van der Waals surface area contributed by atoms with Crippen LogP contribution in [-0.2, 0) is 6.18 Å². The van der Waals surface area contributed by atoms with Gasteiger partial charge in [-0.1, -0.05) is 0 Å². The molecule has 0 aromatic heterocycles. The summed E-state index contributed by atoms with van der Waals surface area (Å²) in [5.74, 6) is 0. The Bertz CT molecular complexity index is 404. The Hall–Kier alpha value is -1.15. The van der Waals surface area contributed by atoms with Gasteiger partial charge in [0.2, 0.25) is 0 Å². The Morgan fingerprint density at radius 1 is 1.36 bits per heavy atom. The normalized spacial score (nSPS) is 11.1. The number of nitriles is 1. The van der Waals surface area contributed by atoms with Crippen molar-refractivity contribution in [2.75, 3.05) is 0 Å². The molecule has 0 N–H and O–H groups in total. The van der Waals surface area contributed by atoms with Crippen LogP contribution in [-0.4, -0.2) is 0 Å². The monoisotopic (exact) mass is 217 g/mol. The van der Waals surface area contributed by atoms with Crippen LogP contribution in [0.1, 0.15) is 16.7 Å². The number of thiol groups is 1. The van der Waals surface area contributed by atoms with E-state index >= 15 is 0 Å². The molecule has 1 aromatic rings. The number of rotatable bonds is 0. The first-order chi connectivity index (χ1) is 6.38. The second kappa shape index (κ2) is 3.54. The molecular weight excluding hydrogens is 211 g/mol. The molecule has 0 radical (unpaired) electrons. The van der Waals surface area contributed by atoms with Gasteiger partial charge >= 0.3 is 6.18 Å². The van der Waals surface area contributed by atoms with Crippen LogP contribution in [0.2, 0.25) is 0 Å². The van der Waals surface area contributed by atoms with Crippen molar-refractivity contribution in [2.45, 2.75) is 18.0 Å². The zero-order valence-electron chi connectivity index (χ0n) is 7.18. The molecule has 0 aliphatic rings. The molecule has 0 saturated carbocycles. The third-order valence-electron chi connectivity index (χ3n) is 1.85. The van der Waals surface area contributed by atoms with Crippen molar-refractivity contribution in [2.24, 2.45) is 0 Å². The van der Waals surface area contributed by atoms with E-state index in [-0.39, 0.29) is 16.0 Å². The third kappa shape index (κ3) is 1.85. The summed E-state index contributed by atoms with van der Waals surface area (Å²) in [4.78, 5) is -0.158. The van der Waals surface area contributed by atoms with E-state index in [9.17, 15) is 13.2 Å². The lowest BCUT2D eigenvalue weighted by molar-refractivity contribution is -0.140. The molecule has 0 amide bonds. The molecular formula is C9H6F3NS. The number of alkyl halides is 3. The van der Waals surface area contributed by atoms with Gasteiger partial charge in [-0.05, 0) is 24.6 Å². The van der Waals surface area contributed by atoms with Crippen molar-refractivity contribution in [1.29, 1.82) is 5.26 Å². The van der Waals surface area contributed by atoms with Crippen LogP contribution >= 0.6 is 12.6 Å². The Labute approximate surface area is 84.6 Å². The summed E-state index contributed by atoms with van der Waals surface area (Å²) in [6.07, 6.45) is -4.46. The zero-order valence-corrected chi connectivity index (χ0v) is 8.08. The highest BCUT2D eigenvalue weighted by atomic mass is 32.1. The zero-order chi connectivity index (χ0) is 10.9. The average molecular weight is 217 g/mol. The summed E-state index contributed by atoms with van der Waals surface area (Å²) in [5, 5.41) is 8.56. The number of hydrogen-bond donors (Lipinski definition) is 1. The van der Waals surface area contributed by atoms with E-state index in [0.717, 1.165) is 0 Å². The van der Waals surface area contributed by atoms with Crippen LogP contribution in [0.15, 0.2) is 17.0 Å². The molecule has 14 heavy (non-hydrogen) atoms. The third-order valence-corrected chi connectivity index (χ3v) is 2.22. The quantitative estimate of drug-likeness (QED) is 0.663. The minimum atomic E-state index is -4.46. The van der Waals surface area contributed by atoms with Gasteiger partial charge in [0, 0.05) is 4.90 Å². The van der Waals surface area contributed by atoms with Gasteiger partial charge in [0.25, 0.3) is 0 Å². The maximum Gasteiger partial charge on any atom is 0.417 e. The van der Waals surface area contributed by atoms with Gasteiger partial charge in [0.05, 0.1) is 17.2 Å². The summed E-state index contributed by atoms with van der Waals surface area (Å²) >= 11 is 3.72. The topological polar surface area (TPSA) is 23.8 Å². The molecule has 0 aliphatic heterocycles. The molecule has 5 heteroatoms. The molecule has 0 spiro atoms. The van der Waals surface area contributed by atoms with Crippen molar-refractivity contribution in [1.82, 2.24) is 0 Å². The molecule has 0 saturated heterocycles. The molecule has 1 aromatic carbocycles. The van der Waals surface area contributed by atoms with Crippen LogP contribution in [0.3, 0.4) is 0 Å². The van der Waals surface area contributed by atoms with Crippen molar-refractivity contribution < 1.29 is 13.2 Å². The van der Waals surface area contributed by atoms with Gasteiger partial charge in [-0.25, -0.2) is 0 Å². The van der Waals surface area contributed by atoms with Gasteiger partial charge in [-0.2, -0.15) is 18.4 Å². The Balaban J connectivity index is 3.50. The van der Waals surface area contributed by atoms with E-state index in [0.29, 0.717) is 0 Å². The fourth-order valence-electron chi connectivity index (χ4n) is 1.18. The summed E-state index contributed by atoms with van der Waals surface area (Å²) in [7, 11) is 0. The minimum Gasteiger partial charge on any atom is -0.192 e. The van der Waals surface area contributed by atoms with Gasteiger partial charge in [0.15, 0.2) is 0 Å². The van der Waals surface area contributed by atoms with Crippen molar-refractivity contribution in [3.8, 4) is 6.07 Å². The van der Waals surface area contributed by atoms with E-state index in [1.165, 1.54) is 19.1 Å². The van der Waals surface area contributed by atoms with Crippen LogP contribution in [0.4, 0.5) is 13.2 Å². The molecule has 0 heterocycles. The maximum atomic E-state index is 12.5. The second-order valence-electron chi connectivity index (χ2n) is 2.74. The molecule has 0 unspecified atom stereocenters. The van der Waals surface area contributed by atoms with Gasteiger partial charge in [-0.15, -0.1) is 12.6 Å². The summed E-state index contributed by atoms with van der Waals surface area (Å²) in [6.45, 7) is 1.26. The molecule has 0 aliphatic carbocycles. The van der Waals surface area contributed by atoms with Gasteiger partial charge in [-0.3, -0.25) is 0 Å². The smallest absolute Gasteiger partial charge is 0.192 e. The van der Waals surface area contributed by atoms with Crippen molar-refractivity contribution in [3.63, 3.8) is 0 Å². The number of halogens is 3. The Morgan fingerprint density at radius 2 is 1.93 bits per heavy atom. The minimum absolute atomic E-state index is 0.0233. The van der Waals surface area contributed by atoms with E-state index < -0.39 is 11.7 Å². The highest BCUT2D eigenvalue weighted by Gasteiger charge is 2.35. The number of benzene rings is 1.